The number of anilines is 1. The van der Waals surface area contributed by atoms with Crippen LogP contribution >= 0.6 is 11.6 Å². The number of carbonyl (C=O) groups is 1. The van der Waals surface area contributed by atoms with E-state index in [9.17, 15) is 14.3 Å². The van der Waals surface area contributed by atoms with Gasteiger partial charge in [-0.3, -0.25) is 9.52 Å². The number of rotatable bonds is 4. The van der Waals surface area contributed by atoms with Crippen LogP contribution < -0.4 is 14.4 Å². The molecule has 0 aromatic heterocycles. The van der Waals surface area contributed by atoms with Gasteiger partial charge in [0, 0.05) is 29.6 Å². The number of halogens is 1. The number of ether oxygens (including phenoxy) is 1. The topological polar surface area (TPSA) is 82.4 Å². The number of hydrogen-bond donors (Lipinski definition) is 1. The van der Waals surface area contributed by atoms with Gasteiger partial charge in [0.1, 0.15) is 16.7 Å². The first-order valence-electron chi connectivity index (χ1n) is 16.1. The van der Waals surface area contributed by atoms with E-state index in [1.54, 1.807) is 6.07 Å². The van der Waals surface area contributed by atoms with Gasteiger partial charge in [0.15, 0.2) is 0 Å². The average Bonchev–Trinajstić information content (AvgIpc) is 3.17. The first-order chi connectivity index (χ1) is 21.0. The van der Waals surface area contributed by atoms with Crippen molar-refractivity contribution in [3.63, 3.8) is 0 Å². The fourth-order valence-corrected chi connectivity index (χ4v) is 8.33. The van der Waals surface area contributed by atoms with E-state index in [0.29, 0.717) is 24.0 Å². The van der Waals surface area contributed by atoms with Crippen LogP contribution in [0.1, 0.15) is 87.7 Å². The summed E-state index contributed by atoms with van der Waals surface area (Å²) in [5.41, 5.74) is 3.36. The molecule has 2 aromatic carbocycles. The van der Waals surface area contributed by atoms with Crippen molar-refractivity contribution in [2.24, 2.45) is 29.1 Å². The van der Waals surface area contributed by atoms with Gasteiger partial charge in [-0.15, -0.1) is 0 Å². The third-order valence-electron chi connectivity index (χ3n) is 10.2. The molecular weight excluding hydrogens is 590 g/mol. The minimum Gasteiger partial charge on any atom is -0.491 e. The zero-order chi connectivity index (χ0) is 31.6. The Bertz CT molecular complexity index is 1470. The Kier molecular flexibility index (Phi) is 10.1. The van der Waals surface area contributed by atoms with E-state index in [-0.39, 0.29) is 28.9 Å². The first-order valence-corrected chi connectivity index (χ1v) is 17.7. The summed E-state index contributed by atoms with van der Waals surface area (Å²) in [4.78, 5) is 15.8. The van der Waals surface area contributed by atoms with Crippen LogP contribution in [0.15, 0.2) is 48.6 Å². The Labute approximate surface area is 270 Å². The molecule has 2 aromatic rings. The summed E-state index contributed by atoms with van der Waals surface area (Å²) in [7, 11) is -1.54. The number of benzene rings is 2. The number of nitriles is 1. The third-order valence-corrected chi connectivity index (χ3v) is 12.0. The van der Waals surface area contributed by atoms with Gasteiger partial charge in [-0.05, 0) is 112 Å². The lowest BCUT2D eigenvalue weighted by Gasteiger charge is -2.47. The van der Waals surface area contributed by atoms with Crippen LogP contribution in [-0.2, 0) is 17.4 Å². The quantitative estimate of drug-likeness (QED) is 0.346. The molecule has 3 aliphatic rings. The van der Waals surface area contributed by atoms with Crippen molar-refractivity contribution in [3.05, 3.63) is 70.3 Å². The van der Waals surface area contributed by atoms with Crippen molar-refractivity contribution in [2.45, 2.75) is 77.9 Å². The maximum absolute atomic E-state index is 13.4. The van der Waals surface area contributed by atoms with E-state index in [2.05, 4.69) is 67.7 Å². The maximum Gasteiger partial charge on any atom is 0.263 e. The van der Waals surface area contributed by atoms with E-state index >= 15 is 0 Å². The van der Waals surface area contributed by atoms with Gasteiger partial charge in [0.25, 0.3) is 5.91 Å². The van der Waals surface area contributed by atoms with Crippen molar-refractivity contribution in [1.82, 2.24) is 4.72 Å². The molecule has 0 radical (unpaired) electrons. The standard InChI is InChI=1S/C36H46ClN3O3S/c1-6-8-25-17-29(37)13-15-30(25)28-20-40-19-27-11-14-31(27)32(36(4,5)22-38)10-7-9-23(2)24(3)44(42)39-35(41)26-12-16-34(43-21-28)33(40)18-26/h7,10,12-13,15-18,23-24,27-28,31-32H,6,8-9,11,14,19-21H2,1-5H3,(H,39,41)/b10-7+. The molecule has 7 unspecified atom stereocenters. The summed E-state index contributed by atoms with van der Waals surface area (Å²) in [5.74, 6) is 1.52. The molecular formula is C36H46ClN3O3S. The van der Waals surface area contributed by atoms with Gasteiger partial charge in [0.2, 0.25) is 0 Å². The van der Waals surface area contributed by atoms with E-state index in [1.807, 2.05) is 25.1 Å². The molecule has 1 saturated carbocycles. The summed E-state index contributed by atoms with van der Waals surface area (Å²) in [6, 6.07) is 14.4. The Morgan fingerprint density at radius 1 is 1.16 bits per heavy atom. The highest BCUT2D eigenvalue weighted by molar-refractivity contribution is 7.84. The van der Waals surface area contributed by atoms with Crippen LogP contribution in [0.25, 0.3) is 0 Å². The fourth-order valence-electron chi connectivity index (χ4n) is 7.11. The van der Waals surface area contributed by atoms with E-state index in [4.69, 9.17) is 16.3 Å². The molecule has 44 heavy (non-hydrogen) atoms. The second-order valence-corrected chi connectivity index (χ2v) is 15.6. The minimum absolute atomic E-state index is 0.0988. The van der Waals surface area contributed by atoms with Gasteiger partial charge in [-0.2, -0.15) is 5.26 Å². The smallest absolute Gasteiger partial charge is 0.263 e. The lowest BCUT2D eigenvalue weighted by molar-refractivity contribution is 0.0841. The normalized spacial score (nSPS) is 30.1. The minimum atomic E-state index is -1.54. The summed E-state index contributed by atoms with van der Waals surface area (Å²) in [6.07, 6.45) is 9.32. The lowest BCUT2D eigenvalue weighted by atomic mass is 9.59. The highest BCUT2D eigenvalue weighted by Gasteiger charge is 2.44. The van der Waals surface area contributed by atoms with Gasteiger partial charge >= 0.3 is 0 Å². The fraction of sp³-hybridized carbons (Fsp3) is 0.556. The largest absolute Gasteiger partial charge is 0.491 e. The number of amides is 1. The number of allylic oxidation sites excluding steroid dienone is 2. The molecule has 6 nitrogen and oxygen atoms in total. The number of nitrogens with one attached hydrogen (secondary N) is 1. The number of nitrogens with zero attached hydrogens (tertiary/aromatic N) is 2. The molecule has 2 aliphatic heterocycles. The monoisotopic (exact) mass is 635 g/mol. The van der Waals surface area contributed by atoms with Crippen LogP contribution in [0.3, 0.4) is 0 Å². The molecule has 236 valence electrons. The molecule has 5 rings (SSSR count). The zero-order valence-electron chi connectivity index (χ0n) is 26.6. The SMILES string of the molecule is CCCc1cc(Cl)ccc1C1COc2ccc3cc2N(C1)CC1CCC1C(C(C)(C)C#N)/C=C/CC(C)C(C)S(=O)NC3=O. The van der Waals surface area contributed by atoms with Gasteiger partial charge < -0.3 is 9.64 Å². The summed E-state index contributed by atoms with van der Waals surface area (Å²) in [5, 5.41) is 10.7. The summed E-state index contributed by atoms with van der Waals surface area (Å²) < 4.78 is 22.5. The van der Waals surface area contributed by atoms with Crippen molar-refractivity contribution in [1.29, 1.82) is 5.26 Å². The molecule has 0 spiro atoms. The van der Waals surface area contributed by atoms with Crippen molar-refractivity contribution in [2.75, 3.05) is 24.6 Å². The first kappa shape index (κ1) is 32.6. The van der Waals surface area contributed by atoms with Crippen molar-refractivity contribution in [3.8, 4) is 11.8 Å². The average molecular weight is 636 g/mol. The summed E-state index contributed by atoms with van der Waals surface area (Å²) in [6.45, 7) is 12.4. The van der Waals surface area contributed by atoms with Gasteiger partial charge in [-0.1, -0.05) is 50.1 Å². The molecule has 2 bridgehead atoms. The number of aryl methyl sites for hydroxylation is 1. The van der Waals surface area contributed by atoms with Crippen LogP contribution in [0.4, 0.5) is 5.69 Å². The highest BCUT2D eigenvalue weighted by Crippen LogP contribution is 2.49. The number of hydrogen-bond acceptors (Lipinski definition) is 5. The van der Waals surface area contributed by atoms with Crippen LogP contribution in [-0.4, -0.2) is 35.1 Å². The molecule has 8 heteroatoms. The third kappa shape index (κ3) is 6.87. The Hall–Kier alpha value is -2.82. The molecule has 1 aliphatic carbocycles. The second kappa shape index (κ2) is 13.7. The predicted molar refractivity (Wildman–Crippen MR) is 179 cm³/mol. The van der Waals surface area contributed by atoms with Crippen LogP contribution in [0, 0.1) is 40.4 Å². The number of carbonyl (C=O) groups excluding carboxylic acids is 1. The molecule has 2 heterocycles. The number of fused-ring (bicyclic) bond motifs is 2. The van der Waals surface area contributed by atoms with E-state index in [0.717, 1.165) is 61.7 Å². The lowest BCUT2D eigenvalue weighted by Crippen LogP contribution is -2.45. The molecule has 0 saturated heterocycles. The second-order valence-electron chi connectivity index (χ2n) is 13.6. The van der Waals surface area contributed by atoms with Gasteiger partial charge in [-0.25, -0.2) is 4.21 Å². The Balaban J connectivity index is 1.57. The predicted octanol–water partition coefficient (Wildman–Crippen LogP) is 7.85. The molecule has 1 fully saturated rings. The molecule has 1 amide bonds. The van der Waals surface area contributed by atoms with Crippen LogP contribution in [0.2, 0.25) is 5.02 Å². The zero-order valence-corrected chi connectivity index (χ0v) is 28.2. The maximum atomic E-state index is 13.4. The molecule has 7 atom stereocenters. The van der Waals surface area contributed by atoms with Gasteiger partial charge in [0.05, 0.1) is 29.0 Å². The van der Waals surface area contributed by atoms with Crippen molar-refractivity contribution < 1.29 is 13.7 Å². The molecule has 1 N–H and O–H groups in total. The Morgan fingerprint density at radius 3 is 2.66 bits per heavy atom. The Morgan fingerprint density at radius 2 is 1.95 bits per heavy atom. The van der Waals surface area contributed by atoms with E-state index < -0.39 is 16.4 Å². The highest BCUT2D eigenvalue weighted by atomic mass is 35.5. The van der Waals surface area contributed by atoms with E-state index in [1.165, 1.54) is 11.1 Å². The van der Waals surface area contributed by atoms with Crippen molar-refractivity contribution >= 4 is 34.2 Å². The summed E-state index contributed by atoms with van der Waals surface area (Å²) >= 11 is 6.43. The van der Waals surface area contributed by atoms with Crippen LogP contribution in [0.5, 0.6) is 5.75 Å².